The lowest BCUT2D eigenvalue weighted by Gasteiger charge is -2.37. The maximum Gasteiger partial charge on any atom is 0.330 e. The molecule has 2 N–H and O–H groups in total. The number of nitrogens with two attached hydrogens (primary N) is 1. The van der Waals surface area contributed by atoms with Crippen LogP contribution in [-0.4, -0.2) is 33.6 Å². The van der Waals surface area contributed by atoms with Crippen molar-refractivity contribution in [1.82, 2.24) is 15.0 Å². The Kier molecular flexibility index (Phi) is 4.90. The fourth-order valence-electron chi connectivity index (χ4n) is 2.30. The molecular weight excluding hydrogens is 268 g/mol. The maximum atomic E-state index is 12.1. The van der Waals surface area contributed by atoms with E-state index in [1.165, 1.54) is 0 Å². The van der Waals surface area contributed by atoms with Gasteiger partial charge in [-0.25, -0.2) is 14.8 Å². The highest BCUT2D eigenvalue weighted by molar-refractivity contribution is 5.75. The number of hydrogen-bond acceptors (Lipinski definition) is 6. The van der Waals surface area contributed by atoms with Gasteiger partial charge in [0.05, 0.1) is 17.5 Å². The van der Waals surface area contributed by atoms with Crippen LogP contribution in [0.15, 0.2) is 18.5 Å². The van der Waals surface area contributed by atoms with Gasteiger partial charge in [0.2, 0.25) is 0 Å². The van der Waals surface area contributed by atoms with Gasteiger partial charge in [-0.3, -0.25) is 0 Å². The average molecular weight is 292 g/mol. The van der Waals surface area contributed by atoms with Gasteiger partial charge in [-0.05, 0) is 39.7 Å². The van der Waals surface area contributed by atoms with Crippen molar-refractivity contribution in [1.29, 1.82) is 0 Å². The Morgan fingerprint density at radius 3 is 2.67 bits per heavy atom. The van der Waals surface area contributed by atoms with Gasteiger partial charge in [0.25, 0.3) is 0 Å². The van der Waals surface area contributed by atoms with Crippen LogP contribution < -0.4 is 5.73 Å². The molecule has 1 aliphatic heterocycles. The van der Waals surface area contributed by atoms with Gasteiger partial charge in [0, 0.05) is 18.9 Å². The highest BCUT2D eigenvalue weighted by Crippen LogP contribution is 2.27. The Morgan fingerprint density at radius 2 is 2.05 bits per heavy atom. The average Bonchev–Trinajstić information content (AvgIpc) is 2.47. The molecule has 2 atom stereocenters. The van der Waals surface area contributed by atoms with E-state index >= 15 is 0 Å². The summed E-state index contributed by atoms with van der Waals surface area (Å²) in [6, 6.07) is 1.32. The zero-order valence-electron chi connectivity index (χ0n) is 13.0. The second-order valence-electron chi connectivity index (χ2n) is 6.47. The SMILES string of the molecule is CC(C)(C)C(=O)ON1CCCCC1C(N)c1ncccn1. The van der Waals surface area contributed by atoms with E-state index in [0.717, 1.165) is 19.3 Å². The zero-order chi connectivity index (χ0) is 15.5. The van der Waals surface area contributed by atoms with Gasteiger partial charge in [0.15, 0.2) is 0 Å². The summed E-state index contributed by atoms with van der Waals surface area (Å²) in [5.74, 6) is 0.344. The van der Waals surface area contributed by atoms with Crippen molar-refractivity contribution in [2.75, 3.05) is 6.54 Å². The quantitative estimate of drug-likeness (QED) is 0.915. The lowest BCUT2D eigenvalue weighted by Crippen LogP contribution is -2.48. The lowest BCUT2D eigenvalue weighted by molar-refractivity contribution is -0.219. The number of carbonyl (C=O) groups excluding carboxylic acids is 1. The fourth-order valence-corrected chi connectivity index (χ4v) is 2.30. The van der Waals surface area contributed by atoms with Crippen molar-refractivity contribution in [2.24, 2.45) is 11.1 Å². The fraction of sp³-hybridized carbons (Fsp3) is 0.667. The van der Waals surface area contributed by atoms with Crippen molar-refractivity contribution in [3.8, 4) is 0 Å². The molecule has 0 radical (unpaired) electrons. The van der Waals surface area contributed by atoms with Crippen molar-refractivity contribution in [3.63, 3.8) is 0 Å². The monoisotopic (exact) mass is 292 g/mol. The Balaban J connectivity index is 2.10. The van der Waals surface area contributed by atoms with Crippen LogP contribution in [0, 0.1) is 5.41 Å². The third kappa shape index (κ3) is 3.98. The minimum absolute atomic E-state index is 0.0764. The van der Waals surface area contributed by atoms with Crippen LogP contribution in [0.25, 0.3) is 0 Å². The van der Waals surface area contributed by atoms with E-state index in [1.807, 2.05) is 20.8 Å². The molecule has 0 saturated carbocycles. The predicted molar refractivity (Wildman–Crippen MR) is 78.9 cm³/mol. The maximum absolute atomic E-state index is 12.1. The van der Waals surface area contributed by atoms with E-state index in [-0.39, 0.29) is 18.1 Å². The van der Waals surface area contributed by atoms with Crippen LogP contribution in [0.2, 0.25) is 0 Å². The highest BCUT2D eigenvalue weighted by Gasteiger charge is 2.35. The second-order valence-corrected chi connectivity index (χ2v) is 6.47. The third-order valence-corrected chi connectivity index (χ3v) is 3.61. The van der Waals surface area contributed by atoms with Crippen LogP contribution in [0.5, 0.6) is 0 Å². The topological polar surface area (TPSA) is 81.3 Å². The van der Waals surface area contributed by atoms with Crippen LogP contribution in [0.1, 0.15) is 51.9 Å². The molecule has 1 fully saturated rings. The number of hydrogen-bond donors (Lipinski definition) is 1. The Labute approximate surface area is 125 Å². The number of piperidine rings is 1. The van der Waals surface area contributed by atoms with Gasteiger partial charge >= 0.3 is 5.97 Å². The Morgan fingerprint density at radius 1 is 1.38 bits per heavy atom. The largest absolute Gasteiger partial charge is 0.367 e. The van der Waals surface area contributed by atoms with E-state index < -0.39 is 5.41 Å². The first-order valence-electron chi connectivity index (χ1n) is 7.41. The van der Waals surface area contributed by atoms with Crippen LogP contribution >= 0.6 is 0 Å². The van der Waals surface area contributed by atoms with Gasteiger partial charge in [0.1, 0.15) is 5.82 Å². The summed E-state index contributed by atoms with van der Waals surface area (Å²) in [6.07, 6.45) is 6.29. The molecule has 0 bridgehead atoms. The lowest BCUT2D eigenvalue weighted by atomic mass is 9.96. The normalized spacial score (nSPS) is 21.8. The minimum atomic E-state index is -0.532. The molecule has 0 aliphatic carbocycles. The summed E-state index contributed by atoms with van der Waals surface area (Å²) in [5, 5.41) is 1.72. The van der Waals surface area contributed by atoms with Crippen molar-refractivity contribution >= 4 is 5.97 Å². The first-order valence-corrected chi connectivity index (χ1v) is 7.41. The number of nitrogens with zero attached hydrogens (tertiary/aromatic N) is 3. The molecule has 1 aromatic rings. The highest BCUT2D eigenvalue weighted by atomic mass is 16.7. The summed E-state index contributed by atoms with van der Waals surface area (Å²) in [5.41, 5.74) is 5.75. The molecule has 116 valence electrons. The van der Waals surface area contributed by atoms with Crippen LogP contribution in [0.4, 0.5) is 0 Å². The molecule has 2 unspecified atom stereocenters. The van der Waals surface area contributed by atoms with E-state index in [4.69, 9.17) is 10.6 Å². The first-order chi connectivity index (χ1) is 9.89. The van der Waals surface area contributed by atoms with Gasteiger partial charge < -0.3 is 10.6 Å². The number of rotatable bonds is 3. The molecule has 2 rings (SSSR count). The molecule has 1 aromatic heterocycles. The van der Waals surface area contributed by atoms with E-state index in [9.17, 15) is 4.79 Å². The number of carbonyl (C=O) groups is 1. The summed E-state index contributed by atoms with van der Waals surface area (Å²) < 4.78 is 0. The standard InChI is InChI=1S/C15H24N4O2/c1-15(2,3)14(20)21-19-10-5-4-7-11(19)12(16)13-17-8-6-9-18-13/h6,8-9,11-12H,4-5,7,10,16H2,1-3H3. The molecule has 0 amide bonds. The van der Waals surface area contributed by atoms with Crippen molar-refractivity contribution in [2.45, 2.75) is 52.1 Å². The minimum Gasteiger partial charge on any atom is -0.367 e. The summed E-state index contributed by atoms with van der Waals surface area (Å²) in [4.78, 5) is 26.1. The molecule has 6 heteroatoms. The first kappa shape index (κ1) is 15.9. The summed E-state index contributed by atoms with van der Waals surface area (Å²) in [6.45, 7) is 6.23. The van der Waals surface area contributed by atoms with Crippen molar-refractivity contribution < 1.29 is 9.63 Å². The number of aromatic nitrogens is 2. The third-order valence-electron chi connectivity index (χ3n) is 3.61. The molecule has 1 saturated heterocycles. The van der Waals surface area contributed by atoms with Gasteiger partial charge in [-0.2, -0.15) is 0 Å². The van der Waals surface area contributed by atoms with Gasteiger partial charge in [-0.15, -0.1) is 5.06 Å². The molecular formula is C15H24N4O2. The predicted octanol–water partition coefficient (Wildman–Crippen LogP) is 1.84. The van der Waals surface area contributed by atoms with E-state index in [1.54, 1.807) is 23.5 Å². The smallest absolute Gasteiger partial charge is 0.330 e. The summed E-state index contributed by atoms with van der Waals surface area (Å²) in [7, 11) is 0. The molecule has 0 spiro atoms. The Bertz CT molecular complexity index is 472. The molecule has 2 heterocycles. The van der Waals surface area contributed by atoms with Crippen molar-refractivity contribution in [3.05, 3.63) is 24.3 Å². The molecule has 0 aromatic carbocycles. The zero-order valence-corrected chi connectivity index (χ0v) is 13.0. The van der Waals surface area contributed by atoms with Crippen LogP contribution in [-0.2, 0) is 9.63 Å². The van der Waals surface area contributed by atoms with Crippen LogP contribution in [0.3, 0.4) is 0 Å². The molecule has 1 aliphatic rings. The Hall–Kier alpha value is -1.53. The molecule has 21 heavy (non-hydrogen) atoms. The van der Waals surface area contributed by atoms with E-state index in [0.29, 0.717) is 12.4 Å². The number of hydroxylamine groups is 2. The van der Waals surface area contributed by atoms with Gasteiger partial charge in [-0.1, -0.05) is 6.42 Å². The second kappa shape index (κ2) is 6.49. The van der Waals surface area contributed by atoms with E-state index in [2.05, 4.69) is 9.97 Å². The summed E-state index contributed by atoms with van der Waals surface area (Å²) >= 11 is 0. The molecule has 6 nitrogen and oxygen atoms in total.